The Labute approximate surface area is 165 Å². The molecule has 8 heteroatoms. The number of nitrogens with zero attached hydrogens (tertiary/aromatic N) is 2. The number of thiazole rings is 1. The van der Waals surface area contributed by atoms with Crippen molar-refractivity contribution in [3.8, 4) is 0 Å². The summed E-state index contributed by atoms with van der Waals surface area (Å²) in [6, 6.07) is 5.08. The van der Waals surface area contributed by atoms with E-state index < -0.39 is 11.7 Å². The van der Waals surface area contributed by atoms with E-state index in [4.69, 9.17) is 4.74 Å². The lowest BCUT2D eigenvalue weighted by Gasteiger charge is -2.20. The van der Waals surface area contributed by atoms with Gasteiger partial charge in [0.15, 0.2) is 5.78 Å². The maximum absolute atomic E-state index is 13.1. The van der Waals surface area contributed by atoms with Crippen molar-refractivity contribution >= 4 is 39.2 Å². The number of carbonyl (C=O) groups is 3. The van der Waals surface area contributed by atoms with Gasteiger partial charge in [0.05, 0.1) is 21.3 Å². The third-order valence-corrected chi connectivity index (χ3v) is 5.20. The number of nitrogens with one attached hydrogen (secondary N) is 1. The smallest absolute Gasteiger partial charge is 0.407 e. The average Bonchev–Trinajstić information content (AvgIpc) is 3.23. The Morgan fingerprint density at radius 1 is 1.18 bits per heavy atom. The van der Waals surface area contributed by atoms with Gasteiger partial charge in [-0.15, -0.1) is 11.3 Å². The van der Waals surface area contributed by atoms with E-state index in [9.17, 15) is 14.4 Å². The van der Waals surface area contributed by atoms with Gasteiger partial charge in [0.25, 0.3) is 0 Å². The number of hydrogen-bond donors (Lipinski definition) is 1. The molecule has 1 aliphatic rings. The number of rotatable bonds is 3. The second kappa shape index (κ2) is 6.56. The predicted molar refractivity (Wildman–Crippen MR) is 105 cm³/mol. The number of fused-ring (bicyclic) bond motifs is 3. The van der Waals surface area contributed by atoms with Crippen molar-refractivity contribution in [3.63, 3.8) is 0 Å². The number of alkyl carbamates (subject to hydrolysis) is 1. The summed E-state index contributed by atoms with van der Waals surface area (Å²) in [5, 5.41) is 2.66. The fraction of sp³-hybridized carbons (Fsp3) is 0.300. The lowest BCUT2D eigenvalue weighted by atomic mass is 9.88. The molecule has 3 aromatic rings. The van der Waals surface area contributed by atoms with Crippen molar-refractivity contribution in [1.82, 2.24) is 14.9 Å². The summed E-state index contributed by atoms with van der Waals surface area (Å²) in [7, 11) is 0. The van der Waals surface area contributed by atoms with Crippen molar-refractivity contribution in [2.24, 2.45) is 0 Å². The standard InChI is InChI=1S/C20H19N3O4S/c1-20(2,3)27-19(26)21-5-7-23-6-4-11-16(23)18(25)12-8-14-15(28-10-22-14)9-13(12)17(11)24/h4,6,8-10H,5,7H2,1-3H3,(H,21,26). The lowest BCUT2D eigenvalue weighted by molar-refractivity contribution is 0.0526. The molecule has 28 heavy (non-hydrogen) atoms. The van der Waals surface area contributed by atoms with Crippen LogP contribution in [0.4, 0.5) is 4.79 Å². The largest absolute Gasteiger partial charge is 0.444 e. The van der Waals surface area contributed by atoms with Crippen LogP contribution in [0.5, 0.6) is 0 Å². The number of hydrogen-bond acceptors (Lipinski definition) is 6. The van der Waals surface area contributed by atoms with E-state index in [1.165, 1.54) is 11.3 Å². The van der Waals surface area contributed by atoms with Gasteiger partial charge < -0.3 is 14.6 Å². The van der Waals surface area contributed by atoms with Crippen molar-refractivity contribution in [2.75, 3.05) is 6.54 Å². The molecule has 0 spiro atoms. The SMILES string of the molecule is CC(C)(C)OC(=O)NCCn1ccc2c1C(=O)c1cc3ncsc3cc1C2=O. The van der Waals surface area contributed by atoms with E-state index in [0.29, 0.717) is 34.4 Å². The van der Waals surface area contributed by atoms with Crippen LogP contribution in [0.15, 0.2) is 29.9 Å². The zero-order valence-corrected chi connectivity index (χ0v) is 16.6. The van der Waals surface area contributed by atoms with Gasteiger partial charge in [-0.3, -0.25) is 9.59 Å². The summed E-state index contributed by atoms with van der Waals surface area (Å²) in [5.41, 5.74) is 3.34. The molecule has 1 N–H and O–H groups in total. The van der Waals surface area contributed by atoms with Crippen molar-refractivity contribution in [2.45, 2.75) is 32.9 Å². The molecule has 144 valence electrons. The molecular formula is C20H19N3O4S. The lowest BCUT2D eigenvalue weighted by Crippen LogP contribution is -2.34. The van der Waals surface area contributed by atoms with E-state index in [-0.39, 0.29) is 18.1 Å². The molecule has 4 rings (SSSR count). The molecule has 7 nitrogen and oxygen atoms in total. The number of aromatic nitrogens is 2. The number of amides is 1. The quantitative estimate of drug-likeness (QED) is 0.572. The van der Waals surface area contributed by atoms with Crippen molar-refractivity contribution in [3.05, 3.63) is 52.3 Å². The van der Waals surface area contributed by atoms with Crippen LogP contribution >= 0.6 is 11.3 Å². The molecular weight excluding hydrogens is 378 g/mol. The van der Waals surface area contributed by atoms with Gasteiger partial charge in [-0.1, -0.05) is 0 Å². The summed E-state index contributed by atoms with van der Waals surface area (Å²) in [4.78, 5) is 42.0. The Morgan fingerprint density at radius 2 is 1.93 bits per heavy atom. The summed E-state index contributed by atoms with van der Waals surface area (Å²) >= 11 is 1.44. The van der Waals surface area contributed by atoms with Crippen LogP contribution in [-0.2, 0) is 11.3 Å². The Balaban J connectivity index is 1.57. The molecule has 0 aliphatic heterocycles. The molecule has 1 aromatic carbocycles. The van der Waals surface area contributed by atoms with Gasteiger partial charge in [0.1, 0.15) is 11.3 Å². The molecule has 0 fully saturated rings. The number of benzene rings is 1. The second-order valence-corrected chi connectivity index (χ2v) is 8.46. The maximum atomic E-state index is 13.1. The van der Waals surface area contributed by atoms with Gasteiger partial charge >= 0.3 is 6.09 Å². The first-order chi connectivity index (χ1) is 13.2. The molecule has 0 saturated heterocycles. The summed E-state index contributed by atoms with van der Waals surface area (Å²) in [5.74, 6) is -0.375. The highest BCUT2D eigenvalue weighted by Crippen LogP contribution is 2.32. The molecule has 0 bridgehead atoms. The van der Waals surface area contributed by atoms with Gasteiger partial charge in [-0.25, -0.2) is 9.78 Å². The van der Waals surface area contributed by atoms with E-state index in [1.807, 2.05) is 0 Å². The Morgan fingerprint density at radius 3 is 2.68 bits per heavy atom. The Kier molecular flexibility index (Phi) is 4.30. The monoisotopic (exact) mass is 397 g/mol. The molecule has 0 radical (unpaired) electrons. The summed E-state index contributed by atoms with van der Waals surface area (Å²) in [6.45, 7) is 5.99. The molecule has 2 aromatic heterocycles. The highest BCUT2D eigenvalue weighted by atomic mass is 32.1. The second-order valence-electron chi connectivity index (χ2n) is 7.58. The first-order valence-electron chi connectivity index (χ1n) is 8.87. The third-order valence-electron chi connectivity index (χ3n) is 4.40. The molecule has 1 aliphatic carbocycles. The summed E-state index contributed by atoms with van der Waals surface area (Å²) in [6.07, 6.45) is 1.18. The van der Waals surface area contributed by atoms with Crippen LogP contribution in [0.25, 0.3) is 10.2 Å². The minimum atomic E-state index is -0.580. The maximum Gasteiger partial charge on any atom is 0.407 e. The number of carbonyl (C=O) groups excluding carboxylic acids is 3. The summed E-state index contributed by atoms with van der Waals surface area (Å²) < 4.78 is 7.78. The Hall–Kier alpha value is -3.00. The topological polar surface area (TPSA) is 90.3 Å². The minimum absolute atomic E-state index is 0.168. The van der Waals surface area contributed by atoms with Crippen molar-refractivity contribution in [1.29, 1.82) is 0 Å². The van der Waals surface area contributed by atoms with Gasteiger partial charge in [-0.05, 0) is 39.0 Å². The predicted octanol–water partition coefficient (Wildman–Crippen LogP) is 3.40. The molecule has 2 heterocycles. The van der Waals surface area contributed by atoms with Crippen LogP contribution in [0.2, 0.25) is 0 Å². The average molecular weight is 397 g/mol. The van der Waals surface area contributed by atoms with E-state index in [2.05, 4.69) is 10.3 Å². The molecule has 0 unspecified atom stereocenters. The van der Waals surface area contributed by atoms with E-state index >= 15 is 0 Å². The fourth-order valence-corrected chi connectivity index (χ4v) is 3.94. The molecule has 0 atom stereocenters. The van der Waals surface area contributed by atoms with Gasteiger partial charge in [0, 0.05) is 30.4 Å². The molecule has 0 saturated carbocycles. The minimum Gasteiger partial charge on any atom is -0.444 e. The highest BCUT2D eigenvalue weighted by molar-refractivity contribution is 7.16. The van der Waals surface area contributed by atoms with E-state index in [1.54, 1.807) is 55.2 Å². The highest BCUT2D eigenvalue weighted by Gasteiger charge is 2.33. The molecule has 1 amide bonds. The van der Waals surface area contributed by atoms with E-state index in [0.717, 1.165) is 4.70 Å². The fourth-order valence-electron chi connectivity index (χ4n) is 3.24. The number of ether oxygens (including phenoxy) is 1. The van der Waals surface area contributed by atoms with Gasteiger partial charge in [0.2, 0.25) is 5.78 Å². The van der Waals surface area contributed by atoms with Crippen LogP contribution in [0, 0.1) is 0 Å². The van der Waals surface area contributed by atoms with Crippen molar-refractivity contribution < 1.29 is 19.1 Å². The first kappa shape index (κ1) is 18.4. The first-order valence-corrected chi connectivity index (χ1v) is 9.75. The van der Waals surface area contributed by atoms with Crippen LogP contribution in [0.1, 0.15) is 52.7 Å². The zero-order chi connectivity index (χ0) is 20.1. The van der Waals surface area contributed by atoms with Gasteiger partial charge in [-0.2, -0.15) is 0 Å². The number of ketones is 2. The third kappa shape index (κ3) is 3.20. The Bertz CT molecular complexity index is 1120. The van der Waals surface area contributed by atoms with Crippen LogP contribution < -0.4 is 5.32 Å². The van der Waals surface area contributed by atoms with Crippen LogP contribution in [0.3, 0.4) is 0 Å². The zero-order valence-electron chi connectivity index (χ0n) is 15.7. The van der Waals surface area contributed by atoms with Crippen LogP contribution in [-0.4, -0.2) is 39.4 Å². The normalized spacial score (nSPS) is 13.4.